The predicted octanol–water partition coefficient (Wildman–Crippen LogP) is 3.62. The molecule has 1 aromatic heterocycles. The van der Waals surface area contributed by atoms with Crippen molar-refractivity contribution in [3.05, 3.63) is 46.9 Å². The average Bonchev–Trinajstić information content (AvgIpc) is 2.75. The van der Waals surface area contributed by atoms with Crippen LogP contribution >= 0.6 is 0 Å². The van der Waals surface area contributed by atoms with Gasteiger partial charge in [0.05, 0.1) is 19.4 Å². The zero-order chi connectivity index (χ0) is 23.3. The lowest BCUT2D eigenvalue weighted by Gasteiger charge is -2.37. The molecular weight excluding hydrogens is 404 g/mol. The number of carbonyl (C=O) groups is 1. The van der Waals surface area contributed by atoms with E-state index in [1.165, 1.54) is 0 Å². The first-order valence-corrected chi connectivity index (χ1v) is 11.2. The molecule has 0 atom stereocenters. The van der Waals surface area contributed by atoms with Crippen molar-refractivity contribution < 1.29 is 14.3 Å². The first-order chi connectivity index (χ1) is 15.2. The number of methoxy groups -OCH3 is 2. The summed E-state index contributed by atoms with van der Waals surface area (Å²) < 4.78 is 10.7. The number of benzene rings is 1. The number of aryl methyl sites for hydroxylation is 1. The highest BCUT2D eigenvalue weighted by atomic mass is 16.5. The second-order valence-electron chi connectivity index (χ2n) is 9.58. The SMILES string of the molecule is COCc1nc(C)nc(N2CCN(C(=O)CC(C)(C)C)CC2)c1Cc1ccc(OC)cc1. The summed E-state index contributed by atoms with van der Waals surface area (Å²) >= 11 is 0. The van der Waals surface area contributed by atoms with E-state index in [0.29, 0.717) is 32.5 Å². The van der Waals surface area contributed by atoms with E-state index in [2.05, 4.69) is 42.8 Å². The van der Waals surface area contributed by atoms with Crippen LogP contribution < -0.4 is 9.64 Å². The van der Waals surface area contributed by atoms with Crippen LogP contribution in [0.25, 0.3) is 0 Å². The Kier molecular flexibility index (Phi) is 7.72. The number of ether oxygens (including phenoxy) is 2. The standard InChI is InChI=1S/C25H36N4O3/c1-18-26-22(17-31-5)21(15-19-7-9-20(32-6)10-8-19)24(27-18)29-13-11-28(12-14-29)23(30)16-25(2,3)4/h7-10H,11-17H2,1-6H3. The molecular formula is C25H36N4O3. The maximum atomic E-state index is 12.7. The molecule has 0 unspecified atom stereocenters. The molecule has 2 heterocycles. The summed E-state index contributed by atoms with van der Waals surface area (Å²) in [5.74, 6) is 2.75. The van der Waals surface area contributed by atoms with Gasteiger partial charge in [-0.1, -0.05) is 32.9 Å². The molecule has 0 radical (unpaired) electrons. The molecule has 0 bridgehead atoms. The summed E-state index contributed by atoms with van der Waals surface area (Å²) in [7, 11) is 3.36. The maximum Gasteiger partial charge on any atom is 0.223 e. The molecule has 7 nitrogen and oxygen atoms in total. The van der Waals surface area contributed by atoms with Crippen LogP contribution in [0, 0.1) is 12.3 Å². The fourth-order valence-electron chi connectivity index (χ4n) is 4.02. The molecule has 0 saturated carbocycles. The normalized spacial score (nSPS) is 14.6. The minimum absolute atomic E-state index is 0.00142. The van der Waals surface area contributed by atoms with Gasteiger partial charge in [0.2, 0.25) is 5.91 Å². The summed E-state index contributed by atoms with van der Waals surface area (Å²) in [6.45, 7) is 11.6. The van der Waals surface area contributed by atoms with E-state index < -0.39 is 0 Å². The molecule has 1 saturated heterocycles. The highest BCUT2D eigenvalue weighted by Gasteiger charge is 2.27. The van der Waals surface area contributed by atoms with Crippen LogP contribution in [0.2, 0.25) is 0 Å². The highest BCUT2D eigenvalue weighted by Crippen LogP contribution is 2.27. The van der Waals surface area contributed by atoms with Crippen molar-refractivity contribution in [2.24, 2.45) is 5.41 Å². The Morgan fingerprint density at radius 2 is 1.69 bits per heavy atom. The minimum Gasteiger partial charge on any atom is -0.497 e. The number of rotatable bonds is 7. The molecule has 0 aliphatic carbocycles. The molecule has 1 amide bonds. The molecule has 1 aromatic carbocycles. The minimum atomic E-state index is -0.00142. The van der Waals surface area contributed by atoms with Gasteiger partial charge in [0, 0.05) is 51.7 Å². The summed E-state index contributed by atoms with van der Waals surface area (Å²) in [5, 5.41) is 0. The van der Waals surface area contributed by atoms with E-state index in [-0.39, 0.29) is 11.3 Å². The number of nitrogens with zero attached hydrogens (tertiary/aromatic N) is 4. The van der Waals surface area contributed by atoms with E-state index in [9.17, 15) is 4.79 Å². The van der Waals surface area contributed by atoms with Gasteiger partial charge in [0.1, 0.15) is 17.4 Å². The Morgan fingerprint density at radius 3 is 2.25 bits per heavy atom. The number of amides is 1. The van der Waals surface area contributed by atoms with Gasteiger partial charge >= 0.3 is 0 Å². The van der Waals surface area contributed by atoms with Crippen LogP contribution in [0.1, 0.15) is 49.8 Å². The number of carbonyl (C=O) groups excluding carboxylic acids is 1. The number of aromatic nitrogens is 2. The lowest BCUT2D eigenvalue weighted by atomic mass is 9.91. The topological polar surface area (TPSA) is 67.8 Å². The third-order valence-corrected chi connectivity index (χ3v) is 5.62. The van der Waals surface area contributed by atoms with E-state index in [1.807, 2.05) is 24.0 Å². The number of hydrogen-bond donors (Lipinski definition) is 0. The Morgan fingerprint density at radius 1 is 1.03 bits per heavy atom. The van der Waals surface area contributed by atoms with E-state index >= 15 is 0 Å². The second kappa shape index (κ2) is 10.3. The Labute approximate surface area is 191 Å². The second-order valence-corrected chi connectivity index (χ2v) is 9.58. The van der Waals surface area contributed by atoms with Gasteiger partial charge in [-0.3, -0.25) is 4.79 Å². The molecule has 1 fully saturated rings. The lowest BCUT2D eigenvalue weighted by Crippen LogP contribution is -2.50. The third kappa shape index (κ3) is 6.19. The van der Waals surface area contributed by atoms with Crippen molar-refractivity contribution in [1.29, 1.82) is 0 Å². The molecule has 3 rings (SSSR count). The van der Waals surface area contributed by atoms with Crippen molar-refractivity contribution >= 4 is 11.7 Å². The fourth-order valence-corrected chi connectivity index (χ4v) is 4.02. The molecule has 32 heavy (non-hydrogen) atoms. The molecule has 2 aromatic rings. The van der Waals surface area contributed by atoms with E-state index in [4.69, 9.17) is 14.5 Å². The predicted molar refractivity (Wildman–Crippen MR) is 126 cm³/mol. The average molecular weight is 441 g/mol. The van der Waals surface area contributed by atoms with Gasteiger partial charge < -0.3 is 19.3 Å². The number of piperazine rings is 1. The molecule has 1 aliphatic heterocycles. The third-order valence-electron chi connectivity index (χ3n) is 5.62. The first kappa shape index (κ1) is 24.0. The Balaban J connectivity index is 1.83. The molecule has 1 aliphatic rings. The van der Waals surface area contributed by atoms with Crippen molar-refractivity contribution in [2.75, 3.05) is 45.3 Å². The van der Waals surface area contributed by atoms with Crippen LogP contribution in [0.4, 0.5) is 5.82 Å². The summed E-state index contributed by atoms with van der Waals surface area (Å²) in [4.78, 5) is 26.4. The molecule has 0 spiro atoms. The molecule has 174 valence electrons. The number of anilines is 1. The molecule has 7 heteroatoms. The van der Waals surface area contributed by atoms with Crippen LogP contribution in [-0.4, -0.2) is 61.2 Å². The van der Waals surface area contributed by atoms with Gasteiger partial charge in [-0.2, -0.15) is 0 Å². The van der Waals surface area contributed by atoms with E-state index in [0.717, 1.165) is 47.3 Å². The largest absolute Gasteiger partial charge is 0.497 e. The summed E-state index contributed by atoms with van der Waals surface area (Å²) in [6.07, 6.45) is 1.28. The van der Waals surface area contributed by atoms with E-state index in [1.54, 1.807) is 14.2 Å². The summed E-state index contributed by atoms with van der Waals surface area (Å²) in [6, 6.07) is 8.09. The van der Waals surface area contributed by atoms with Gasteiger partial charge in [0.15, 0.2) is 0 Å². The van der Waals surface area contributed by atoms with Gasteiger partial charge in [-0.05, 0) is 30.0 Å². The Hall–Kier alpha value is -2.67. The van der Waals surface area contributed by atoms with Crippen LogP contribution in [0.5, 0.6) is 5.75 Å². The van der Waals surface area contributed by atoms with Crippen LogP contribution in [-0.2, 0) is 22.6 Å². The van der Waals surface area contributed by atoms with Crippen molar-refractivity contribution in [2.45, 2.75) is 47.1 Å². The van der Waals surface area contributed by atoms with Crippen molar-refractivity contribution in [1.82, 2.24) is 14.9 Å². The van der Waals surface area contributed by atoms with Gasteiger partial charge in [-0.25, -0.2) is 9.97 Å². The maximum absolute atomic E-state index is 12.7. The van der Waals surface area contributed by atoms with Crippen LogP contribution in [0.3, 0.4) is 0 Å². The van der Waals surface area contributed by atoms with Crippen molar-refractivity contribution in [3.63, 3.8) is 0 Å². The Bertz CT molecular complexity index is 914. The lowest BCUT2D eigenvalue weighted by molar-refractivity contribution is -0.133. The zero-order valence-corrected chi connectivity index (χ0v) is 20.3. The fraction of sp³-hybridized carbons (Fsp3) is 0.560. The number of hydrogen-bond acceptors (Lipinski definition) is 6. The smallest absolute Gasteiger partial charge is 0.223 e. The van der Waals surface area contributed by atoms with Gasteiger partial charge in [0.25, 0.3) is 0 Å². The first-order valence-electron chi connectivity index (χ1n) is 11.2. The molecule has 0 N–H and O–H groups in total. The van der Waals surface area contributed by atoms with Crippen molar-refractivity contribution in [3.8, 4) is 5.75 Å². The summed E-state index contributed by atoms with van der Waals surface area (Å²) in [5.41, 5.74) is 3.16. The van der Waals surface area contributed by atoms with Crippen LogP contribution in [0.15, 0.2) is 24.3 Å². The van der Waals surface area contributed by atoms with Gasteiger partial charge in [-0.15, -0.1) is 0 Å². The zero-order valence-electron chi connectivity index (χ0n) is 20.3. The quantitative estimate of drug-likeness (QED) is 0.655. The monoisotopic (exact) mass is 440 g/mol. The highest BCUT2D eigenvalue weighted by molar-refractivity contribution is 5.77.